The zero-order valence-electron chi connectivity index (χ0n) is 15.3. The van der Waals surface area contributed by atoms with Gasteiger partial charge in [-0.05, 0) is 30.3 Å². The summed E-state index contributed by atoms with van der Waals surface area (Å²) in [5.41, 5.74) is 1.41. The molecule has 1 saturated heterocycles. The molecule has 1 aromatic carbocycles. The lowest BCUT2D eigenvalue weighted by Crippen LogP contribution is -2.49. The molecule has 0 unspecified atom stereocenters. The molecule has 8 heteroatoms. The van der Waals surface area contributed by atoms with E-state index in [1.165, 1.54) is 0 Å². The summed E-state index contributed by atoms with van der Waals surface area (Å²) in [5, 5.41) is 8.49. The molecule has 0 radical (unpaired) electrons. The quantitative estimate of drug-likeness (QED) is 0.699. The molecule has 0 atom stereocenters. The van der Waals surface area contributed by atoms with Crippen LogP contribution >= 0.6 is 0 Å². The molecule has 27 heavy (non-hydrogen) atoms. The monoisotopic (exact) mass is 367 g/mol. The molecule has 1 amide bonds. The number of hydrogen-bond acceptors (Lipinski definition) is 6. The van der Waals surface area contributed by atoms with Gasteiger partial charge < -0.3 is 19.3 Å². The van der Waals surface area contributed by atoms with Gasteiger partial charge in [0, 0.05) is 37.9 Å². The highest BCUT2D eigenvalue weighted by Crippen LogP contribution is 2.28. The first-order valence-corrected chi connectivity index (χ1v) is 8.77. The van der Waals surface area contributed by atoms with Crippen molar-refractivity contribution in [2.75, 3.05) is 45.3 Å². The third kappa shape index (κ3) is 3.14. The van der Waals surface area contributed by atoms with Gasteiger partial charge in [-0.1, -0.05) is 6.07 Å². The number of benzene rings is 1. The Kier molecular flexibility index (Phi) is 4.53. The van der Waals surface area contributed by atoms with Crippen LogP contribution in [0.5, 0.6) is 11.5 Å². The number of anilines is 1. The minimum atomic E-state index is -0.0123. The molecule has 3 heterocycles. The summed E-state index contributed by atoms with van der Waals surface area (Å²) >= 11 is 0. The summed E-state index contributed by atoms with van der Waals surface area (Å²) in [5.74, 6) is 1.96. The molecule has 1 aliphatic rings. The van der Waals surface area contributed by atoms with E-state index in [2.05, 4.69) is 15.1 Å². The minimum Gasteiger partial charge on any atom is -0.493 e. The van der Waals surface area contributed by atoms with Gasteiger partial charge in [-0.15, -0.1) is 10.2 Å². The molecule has 0 bridgehead atoms. The summed E-state index contributed by atoms with van der Waals surface area (Å²) in [4.78, 5) is 16.9. The Morgan fingerprint density at radius 1 is 0.963 bits per heavy atom. The lowest BCUT2D eigenvalue weighted by atomic mass is 10.1. The van der Waals surface area contributed by atoms with Crippen LogP contribution in [0.25, 0.3) is 5.65 Å². The Morgan fingerprint density at radius 2 is 1.74 bits per heavy atom. The molecule has 140 valence electrons. The predicted octanol–water partition coefficient (Wildman–Crippen LogP) is 1.71. The van der Waals surface area contributed by atoms with Crippen molar-refractivity contribution >= 4 is 17.5 Å². The second kappa shape index (κ2) is 7.14. The molecule has 0 aliphatic carbocycles. The lowest BCUT2D eigenvalue weighted by molar-refractivity contribution is 0.0745. The number of fused-ring (bicyclic) bond motifs is 1. The van der Waals surface area contributed by atoms with Gasteiger partial charge >= 0.3 is 0 Å². The van der Waals surface area contributed by atoms with Crippen molar-refractivity contribution in [3.8, 4) is 11.5 Å². The smallest absolute Gasteiger partial charge is 0.254 e. The van der Waals surface area contributed by atoms with Crippen LogP contribution < -0.4 is 14.4 Å². The minimum absolute atomic E-state index is 0.0123. The molecule has 2 aromatic heterocycles. The molecule has 3 aromatic rings. The highest BCUT2D eigenvalue weighted by Gasteiger charge is 2.25. The Morgan fingerprint density at radius 3 is 2.48 bits per heavy atom. The Balaban J connectivity index is 1.47. The zero-order chi connectivity index (χ0) is 18.8. The van der Waals surface area contributed by atoms with Crippen molar-refractivity contribution in [2.45, 2.75) is 0 Å². The number of hydrogen-bond donors (Lipinski definition) is 0. The first kappa shape index (κ1) is 17.1. The van der Waals surface area contributed by atoms with Crippen LogP contribution in [0, 0.1) is 0 Å². The summed E-state index contributed by atoms with van der Waals surface area (Å²) in [6.07, 6.45) is 1.95. The number of pyridine rings is 1. The molecule has 0 spiro atoms. The molecule has 0 N–H and O–H groups in total. The molecule has 8 nitrogen and oxygen atoms in total. The fraction of sp³-hybridized carbons (Fsp3) is 0.316. The van der Waals surface area contributed by atoms with Crippen molar-refractivity contribution in [3.63, 3.8) is 0 Å². The van der Waals surface area contributed by atoms with E-state index in [-0.39, 0.29) is 5.91 Å². The first-order chi connectivity index (χ1) is 13.2. The summed E-state index contributed by atoms with van der Waals surface area (Å²) in [7, 11) is 3.14. The molecular weight excluding hydrogens is 346 g/mol. The van der Waals surface area contributed by atoms with E-state index >= 15 is 0 Å². The highest BCUT2D eigenvalue weighted by molar-refractivity contribution is 5.95. The SMILES string of the molecule is COc1ccc(C(=O)N2CCN(c3nnc4ccccn34)CC2)cc1OC. The van der Waals surface area contributed by atoms with Crippen molar-refractivity contribution in [1.82, 2.24) is 19.5 Å². The zero-order valence-corrected chi connectivity index (χ0v) is 15.3. The van der Waals surface area contributed by atoms with E-state index in [0.29, 0.717) is 43.2 Å². The van der Waals surface area contributed by atoms with Crippen LogP contribution in [0.1, 0.15) is 10.4 Å². The van der Waals surface area contributed by atoms with E-state index in [1.807, 2.05) is 33.7 Å². The number of aromatic nitrogens is 3. The maximum absolute atomic E-state index is 12.9. The highest BCUT2D eigenvalue weighted by atomic mass is 16.5. The standard InChI is InChI=1S/C19H21N5O3/c1-26-15-7-6-14(13-16(15)27-2)18(25)22-9-11-23(12-10-22)19-21-20-17-5-3-4-8-24(17)19/h3-8,13H,9-12H2,1-2H3. The number of methoxy groups -OCH3 is 2. The van der Waals surface area contributed by atoms with Gasteiger partial charge in [0.1, 0.15) is 0 Å². The molecule has 0 saturated carbocycles. The van der Waals surface area contributed by atoms with Crippen molar-refractivity contribution in [1.29, 1.82) is 0 Å². The van der Waals surface area contributed by atoms with Crippen LogP contribution in [0.15, 0.2) is 42.6 Å². The van der Waals surface area contributed by atoms with Gasteiger partial charge in [-0.25, -0.2) is 0 Å². The van der Waals surface area contributed by atoms with Gasteiger partial charge in [0.2, 0.25) is 5.95 Å². The van der Waals surface area contributed by atoms with Crippen molar-refractivity contribution < 1.29 is 14.3 Å². The average molecular weight is 367 g/mol. The number of nitrogens with zero attached hydrogens (tertiary/aromatic N) is 5. The van der Waals surface area contributed by atoms with Crippen molar-refractivity contribution in [3.05, 3.63) is 48.2 Å². The Labute approximate surface area is 156 Å². The Bertz CT molecular complexity index is 963. The fourth-order valence-corrected chi connectivity index (χ4v) is 3.31. The van der Waals surface area contributed by atoms with E-state index in [4.69, 9.17) is 9.47 Å². The van der Waals surface area contributed by atoms with Gasteiger partial charge in [0.05, 0.1) is 14.2 Å². The third-order valence-corrected chi connectivity index (χ3v) is 4.78. The summed E-state index contributed by atoms with van der Waals surface area (Å²) in [6, 6.07) is 11.1. The van der Waals surface area contributed by atoms with Crippen LogP contribution in [0.4, 0.5) is 5.95 Å². The maximum atomic E-state index is 12.9. The van der Waals surface area contributed by atoms with Gasteiger partial charge in [0.25, 0.3) is 5.91 Å². The number of amides is 1. The maximum Gasteiger partial charge on any atom is 0.254 e. The van der Waals surface area contributed by atoms with Crippen molar-refractivity contribution in [2.24, 2.45) is 0 Å². The number of carbonyl (C=O) groups excluding carboxylic acids is 1. The number of rotatable bonds is 4. The predicted molar refractivity (Wildman–Crippen MR) is 101 cm³/mol. The van der Waals surface area contributed by atoms with Gasteiger partial charge in [0.15, 0.2) is 17.1 Å². The van der Waals surface area contributed by atoms with Crippen LogP contribution in [0.2, 0.25) is 0 Å². The third-order valence-electron chi connectivity index (χ3n) is 4.78. The number of ether oxygens (including phenoxy) is 2. The topological polar surface area (TPSA) is 72.2 Å². The van der Waals surface area contributed by atoms with Gasteiger partial charge in [-0.3, -0.25) is 9.20 Å². The normalized spacial score (nSPS) is 14.4. The molecule has 4 rings (SSSR count). The van der Waals surface area contributed by atoms with E-state index in [0.717, 1.165) is 11.6 Å². The van der Waals surface area contributed by atoms with Crippen LogP contribution in [-0.2, 0) is 0 Å². The Hall–Kier alpha value is -3.29. The van der Waals surface area contributed by atoms with Gasteiger partial charge in [-0.2, -0.15) is 0 Å². The largest absolute Gasteiger partial charge is 0.493 e. The average Bonchev–Trinajstić information content (AvgIpc) is 3.17. The fourth-order valence-electron chi connectivity index (χ4n) is 3.31. The lowest BCUT2D eigenvalue weighted by Gasteiger charge is -2.34. The molecular formula is C19H21N5O3. The summed E-state index contributed by atoms with van der Waals surface area (Å²) < 4.78 is 12.5. The number of carbonyl (C=O) groups is 1. The van der Waals surface area contributed by atoms with E-state index in [9.17, 15) is 4.79 Å². The first-order valence-electron chi connectivity index (χ1n) is 8.77. The second-order valence-corrected chi connectivity index (χ2v) is 6.28. The second-order valence-electron chi connectivity index (χ2n) is 6.28. The molecule has 1 aliphatic heterocycles. The summed E-state index contributed by atoms with van der Waals surface area (Å²) in [6.45, 7) is 2.65. The molecule has 1 fully saturated rings. The van der Waals surface area contributed by atoms with E-state index < -0.39 is 0 Å². The van der Waals surface area contributed by atoms with E-state index in [1.54, 1.807) is 32.4 Å². The van der Waals surface area contributed by atoms with Crippen LogP contribution in [-0.4, -0.2) is 65.8 Å². The van der Waals surface area contributed by atoms with Crippen LogP contribution in [0.3, 0.4) is 0 Å². The number of piperazine rings is 1.